The molecule has 1 atom stereocenters. The van der Waals surface area contributed by atoms with Crippen molar-refractivity contribution in [3.63, 3.8) is 0 Å². The Morgan fingerprint density at radius 1 is 1.07 bits per heavy atom. The lowest BCUT2D eigenvalue weighted by Crippen LogP contribution is -2.25. The third-order valence-electron chi connectivity index (χ3n) is 3.94. The van der Waals surface area contributed by atoms with Gasteiger partial charge in [-0.3, -0.25) is 4.79 Å². The Morgan fingerprint density at radius 2 is 1.82 bits per heavy atom. The maximum Gasteiger partial charge on any atom is 0.273 e. The first-order valence-electron chi connectivity index (χ1n) is 8.65. The lowest BCUT2D eigenvalue weighted by molar-refractivity contribution is -0.129. The molecule has 0 bridgehead atoms. The van der Waals surface area contributed by atoms with Gasteiger partial charge in [-0.25, -0.2) is 5.43 Å². The highest BCUT2D eigenvalue weighted by atomic mass is 35.5. The summed E-state index contributed by atoms with van der Waals surface area (Å²) in [6.07, 6.45) is 0.191. The van der Waals surface area contributed by atoms with E-state index < -0.39 is 12.0 Å². The molecule has 0 saturated heterocycles. The van der Waals surface area contributed by atoms with Gasteiger partial charge in [-0.1, -0.05) is 66.2 Å². The zero-order chi connectivity index (χ0) is 19.8. The molecule has 0 heterocycles. The largest absolute Gasteiger partial charge is 0.488 e. The molecular formula is C22H19ClN2O3. The number of rotatable bonds is 7. The fourth-order valence-corrected chi connectivity index (χ4v) is 2.73. The summed E-state index contributed by atoms with van der Waals surface area (Å²) in [4.78, 5) is 12.0. The van der Waals surface area contributed by atoms with Crippen molar-refractivity contribution < 1.29 is 14.6 Å². The first-order valence-corrected chi connectivity index (χ1v) is 9.03. The van der Waals surface area contributed by atoms with E-state index in [9.17, 15) is 9.90 Å². The van der Waals surface area contributed by atoms with Crippen LogP contribution in [0.2, 0.25) is 5.02 Å². The third kappa shape index (κ3) is 5.42. The second-order valence-electron chi connectivity index (χ2n) is 6.00. The van der Waals surface area contributed by atoms with Crippen molar-refractivity contribution in [2.75, 3.05) is 0 Å². The van der Waals surface area contributed by atoms with Crippen molar-refractivity contribution >= 4 is 23.7 Å². The van der Waals surface area contributed by atoms with Crippen LogP contribution >= 0.6 is 11.6 Å². The van der Waals surface area contributed by atoms with Gasteiger partial charge in [-0.05, 0) is 35.4 Å². The van der Waals surface area contributed by atoms with Crippen molar-refractivity contribution in [2.24, 2.45) is 5.10 Å². The lowest BCUT2D eigenvalue weighted by atomic mass is 10.1. The Kier molecular flexibility index (Phi) is 6.78. The number of hydrogen-bond donors (Lipinski definition) is 2. The first-order chi connectivity index (χ1) is 13.6. The standard InChI is InChI=1S/C22H19ClN2O3/c23-19-11-6-7-16(13-19)15-28-20-12-5-4-10-18(20)14-24-25-22(27)21(26)17-8-2-1-3-9-17/h1-14,21,26H,15H2,(H,25,27)/b24-14-/t21-/m1/s1. The molecule has 3 aromatic rings. The fraction of sp³-hybridized carbons (Fsp3) is 0.0909. The molecule has 6 heteroatoms. The van der Waals surface area contributed by atoms with Crippen LogP contribution in [0.3, 0.4) is 0 Å². The summed E-state index contributed by atoms with van der Waals surface area (Å²) in [6, 6.07) is 23.4. The number of benzene rings is 3. The van der Waals surface area contributed by atoms with E-state index in [0.717, 1.165) is 5.56 Å². The number of nitrogens with one attached hydrogen (secondary N) is 1. The summed E-state index contributed by atoms with van der Waals surface area (Å²) < 4.78 is 5.84. The summed E-state index contributed by atoms with van der Waals surface area (Å²) >= 11 is 5.99. The quantitative estimate of drug-likeness (QED) is 0.468. The number of para-hydroxylation sites is 1. The molecule has 28 heavy (non-hydrogen) atoms. The molecule has 0 aliphatic rings. The fourth-order valence-electron chi connectivity index (χ4n) is 2.52. The maximum atomic E-state index is 12.0. The van der Waals surface area contributed by atoms with Crippen LogP contribution in [0.4, 0.5) is 0 Å². The average molecular weight is 395 g/mol. The predicted molar refractivity (Wildman–Crippen MR) is 109 cm³/mol. The van der Waals surface area contributed by atoms with E-state index in [1.807, 2.05) is 48.5 Å². The summed E-state index contributed by atoms with van der Waals surface area (Å²) in [6.45, 7) is 0.352. The van der Waals surface area contributed by atoms with Crippen molar-refractivity contribution in [1.29, 1.82) is 0 Å². The number of aliphatic hydroxyl groups excluding tert-OH is 1. The van der Waals surface area contributed by atoms with E-state index >= 15 is 0 Å². The Morgan fingerprint density at radius 3 is 2.61 bits per heavy atom. The minimum Gasteiger partial charge on any atom is -0.488 e. The zero-order valence-electron chi connectivity index (χ0n) is 15.0. The van der Waals surface area contributed by atoms with Gasteiger partial charge in [-0.2, -0.15) is 5.10 Å². The number of amides is 1. The number of halogens is 1. The molecule has 0 aliphatic heterocycles. The van der Waals surface area contributed by atoms with Gasteiger partial charge in [0.1, 0.15) is 12.4 Å². The summed E-state index contributed by atoms with van der Waals surface area (Å²) in [5, 5.41) is 14.6. The molecule has 5 nitrogen and oxygen atoms in total. The van der Waals surface area contributed by atoms with Crippen molar-refractivity contribution in [1.82, 2.24) is 5.43 Å². The van der Waals surface area contributed by atoms with E-state index in [4.69, 9.17) is 16.3 Å². The minimum absolute atomic E-state index is 0.352. The van der Waals surface area contributed by atoms with Crippen molar-refractivity contribution in [2.45, 2.75) is 12.7 Å². The van der Waals surface area contributed by atoms with E-state index in [-0.39, 0.29) is 0 Å². The van der Waals surface area contributed by atoms with Gasteiger partial charge in [0.25, 0.3) is 5.91 Å². The Labute approximate surface area is 168 Å². The summed E-state index contributed by atoms with van der Waals surface area (Å²) in [5.41, 5.74) is 4.48. The molecule has 0 unspecified atom stereocenters. The number of ether oxygens (including phenoxy) is 1. The highest BCUT2D eigenvalue weighted by molar-refractivity contribution is 6.30. The molecule has 0 radical (unpaired) electrons. The molecule has 0 fully saturated rings. The zero-order valence-corrected chi connectivity index (χ0v) is 15.7. The second kappa shape index (κ2) is 9.69. The number of carbonyl (C=O) groups is 1. The first kappa shape index (κ1) is 19.6. The average Bonchev–Trinajstić information content (AvgIpc) is 2.73. The Balaban J connectivity index is 1.62. The topological polar surface area (TPSA) is 70.9 Å². The third-order valence-corrected chi connectivity index (χ3v) is 4.18. The van der Waals surface area contributed by atoms with E-state index in [0.29, 0.717) is 28.5 Å². The highest BCUT2D eigenvalue weighted by Gasteiger charge is 2.16. The SMILES string of the molecule is O=C(N/N=C\c1ccccc1OCc1cccc(Cl)c1)[C@H](O)c1ccccc1. The van der Waals surface area contributed by atoms with Crippen LogP contribution in [0.25, 0.3) is 0 Å². The highest BCUT2D eigenvalue weighted by Crippen LogP contribution is 2.19. The molecule has 3 rings (SSSR count). The molecular weight excluding hydrogens is 376 g/mol. The van der Waals surface area contributed by atoms with Crippen LogP contribution < -0.4 is 10.2 Å². The van der Waals surface area contributed by atoms with Gasteiger partial charge in [0.2, 0.25) is 0 Å². The van der Waals surface area contributed by atoms with Crippen LogP contribution in [0.5, 0.6) is 5.75 Å². The Bertz CT molecular complexity index is 961. The monoisotopic (exact) mass is 394 g/mol. The van der Waals surface area contributed by atoms with Gasteiger partial charge in [0.05, 0.1) is 6.21 Å². The lowest BCUT2D eigenvalue weighted by Gasteiger charge is -2.10. The predicted octanol–water partition coefficient (Wildman–Crippen LogP) is 4.10. The molecule has 0 aliphatic carbocycles. The molecule has 142 valence electrons. The van der Waals surface area contributed by atoms with E-state index in [1.165, 1.54) is 6.21 Å². The number of carbonyl (C=O) groups excluding carboxylic acids is 1. The number of hydrazone groups is 1. The second-order valence-corrected chi connectivity index (χ2v) is 6.44. The van der Waals surface area contributed by atoms with Gasteiger partial charge in [0.15, 0.2) is 6.10 Å². The Hall–Kier alpha value is -3.15. The molecule has 0 spiro atoms. The van der Waals surface area contributed by atoms with E-state index in [1.54, 1.807) is 30.3 Å². The number of aliphatic hydroxyl groups is 1. The minimum atomic E-state index is -1.28. The number of nitrogens with zero attached hydrogens (tertiary/aromatic N) is 1. The van der Waals surface area contributed by atoms with Crippen LogP contribution in [0, 0.1) is 0 Å². The summed E-state index contributed by atoms with van der Waals surface area (Å²) in [5.74, 6) is 0.00357. The van der Waals surface area contributed by atoms with Crippen LogP contribution in [-0.4, -0.2) is 17.2 Å². The normalized spacial score (nSPS) is 11.9. The molecule has 2 N–H and O–H groups in total. The van der Waals surface area contributed by atoms with Crippen molar-refractivity contribution in [3.8, 4) is 5.75 Å². The van der Waals surface area contributed by atoms with Gasteiger partial charge >= 0.3 is 0 Å². The van der Waals surface area contributed by atoms with Crippen LogP contribution in [0.15, 0.2) is 84.0 Å². The van der Waals surface area contributed by atoms with Crippen LogP contribution in [0.1, 0.15) is 22.8 Å². The maximum absolute atomic E-state index is 12.0. The summed E-state index contributed by atoms with van der Waals surface area (Å²) in [7, 11) is 0. The van der Waals surface area contributed by atoms with Gasteiger partial charge in [-0.15, -0.1) is 0 Å². The van der Waals surface area contributed by atoms with Gasteiger partial charge in [0, 0.05) is 10.6 Å². The molecule has 0 saturated carbocycles. The molecule has 3 aromatic carbocycles. The molecule has 0 aromatic heterocycles. The van der Waals surface area contributed by atoms with Gasteiger partial charge < -0.3 is 9.84 Å². The van der Waals surface area contributed by atoms with Crippen molar-refractivity contribution in [3.05, 3.63) is 101 Å². The number of hydrogen-bond acceptors (Lipinski definition) is 4. The van der Waals surface area contributed by atoms with Crippen LogP contribution in [-0.2, 0) is 11.4 Å². The smallest absolute Gasteiger partial charge is 0.273 e. The van der Waals surface area contributed by atoms with E-state index in [2.05, 4.69) is 10.5 Å². The molecule has 1 amide bonds.